The zero-order valence-electron chi connectivity index (χ0n) is 66.6. The maximum Gasteiger partial charge on any atom is 0.217 e. The molecule has 55 atom stereocenters. The number of aliphatic hydroxyl groups is 26. The zero-order valence-corrected chi connectivity index (χ0v) is 66.6. The van der Waals surface area contributed by atoms with Crippen molar-refractivity contribution in [2.45, 2.75) is 400 Å². The van der Waals surface area contributed by atoms with Crippen LogP contribution in [0.2, 0.25) is 0 Å². The number of aliphatic hydroxyl groups excluding tert-OH is 26. The van der Waals surface area contributed by atoms with E-state index in [2.05, 4.69) is 10.6 Å². The van der Waals surface area contributed by atoms with Gasteiger partial charge in [0, 0.05) is 13.8 Å². The molecule has 0 aliphatic carbocycles. The van der Waals surface area contributed by atoms with Crippen LogP contribution in [-0.2, 0) is 109 Å². The van der Waals surface area contributed by atoms with Crippen LogP contribution in [0.25, 0.3) is 0 Å². The molecule has 0 aromatic rings. The van der Waals surface area contributed by atoms with E-state index in [4.69, 9.17) is 99.5 Å². The van der Waals surface area contributed by atoms with E-state index in [9.17, 15) is 142 Å². The molecule has 11 aliphatic heterocycles. The number of hydrogen-bond acceptors (Lipinski definition) is 49. The molecule has 702 valence electrons. The van der Waals surface area contributed by atoms with Gasteiger partial charge in [-0.3, -0.25) is 9.59 Å². The number of amides is 2. The van der Waals surface area contributed by atoms with Crippen molar-refractivity contribution in [1.82, 2.24) is 10.6 Å². The molecule has 121 heavy (non-hydrogen) atoms. The van der Waals surface area contributed by atoms with Gasteiger partial charge in [-0.15, -0.1) is 0 Å². The molecule has 0 bridgehead atoms. The molecule has 11 heterocycles. The second-order valence-electron chi connectivity index (χ2n) is 32.2. The third-order valence-electron chi connectivity index (χ3n) is 23.5. The van der Waals surface area contributed by atoms with Crippen molar-refractivity contribution >= 4 is 11.8 Å². The standard InChI is InChI=1S/C70H118N2O49/c1-14-30(80)41(91)56(60(100)101-14)118-61-27(71-21(8)77)52(36(86)25(12-75)108-61)114-66-49(99)55(51(20(7)106-66)113-65-47(97)40(90)35(85)24(11-74)111-65)117-69-59(44(94)33(83)17(4)104-69)121-70-57(42(92)31(81)18(5)105-70)119-62-28(72-22(9)78)53(37(87)26(13-76)109-62)115-67-48(98)54(50(19(6)107-67)112-64-46(96)39(89)34(84)23(10-73)110-64)116-68-58(43(93)32(82)16(3)103-68)120-63-45(95)38(88)29(79)15(2)102-63/h14-20,23-70,73-76,79-100H,10-13H2,1-9H3,(H,71,77)(H,72,78)/t14-,15-,16-,17-,18-,19-,20-,23+,24+,25+,26+,27+,28+,29-,30-,31-,32-,33-,34+,35+,36+,37+,38+,39-,40-,41+,42+,43+,44+,45+,46+,47+,48+,49+,50-,51-,52+,53+,54-,55-,56+,57+,58+,59+,60+,61-,62-,63-,64+,65+,66-,67-,68-,69-,70-/m0/s1. The summed E-state index contributed by atoms with van der Waals surface area (Å²) in [5, 5.41) is 298. The molecule has 51 nitrogen and oxygen atoms in total. The van der Waals surface area contributed by atoms with E-state index < -0.39 is 376 Å². The molecule has 11 rings (SSSR count). The lowest BCUT2D eigenvalue weighted by atomic mass is 9.94. The Morgan fingerprint density at radius 3 is 0.777 bits per heavy atom. The van der Waals surface area contributed by atoms with Gasteiger partial charge in [-0.05, 0) is 48.5 Å². The van der Waals surface area contributed by atoms with Gasteiger partial charge >= 0.3 is 0 Å². The molecule has 11 fully saturated rings. The van der Waals surface area contributed by atoms with E-state index in [1.165, 1.54) is 48.5 Å². The van der Waals surface area contributed by atoms with Crippen LogP contribution in [0.1, 0.15) is 62.3 Å². The maximum atomic E-state index is 13.6. The average Bonchev–Trinajstić information content (AvgIpc) is 0.762. The summed E-state index contributed by atoms with van der Waals surface area (Å²) in [5.41, 5.74) is 0. The highest BCUT2D eigenvalue weighted by atomic mass is 16.8. The first kappa shape index (κ1) is 98.6. The number of nitrogens with one attached hydrogen (secondary N) is 2. The van der Waals surface area contributed by atoms with E-state index in [0.29, 0.717) is 0 Å². The van der Waals surface area contributed by atoms with Gasteiger partial charge in [-0.2, -0.15) is 0 Å². The Bertz CT molecular complexity index is 3250. The molecule has 11 saturated heterocycles. The van der Waals surface area contributed by atoms with E-state index in [0.717, 1.165) is 13.8 Å². The van der Waals surface area contributed by atoms with E-state index in [-0.39, 0.29) is 0 Å². The van der Waals surface area contributed by atoms with Gasteiger partial charge in [0.05, 0.1) is 69.2 Å². The summed E-state index contributed by atoms with van der Waals surface area (Å²) >= 11 is 0. The van der Waals surface area contributed by atoms with E-state index in [1.54, 1.807) is 0 Å². The fourth-order valence-electron chi connectivity index (χ4n) is 16.3. The number of hydrogen-bond donors (Lipinski definition) is 28. The first-order valence-corrected chi connectivity index (χ1v) is 39.7. The minimum Gasteiger partial charge on any atom is -0.394 e. The predicted octanol–water partition coefficient (Wildman–Crippen LogP) is -17.5. The summed E-state index contributed by atoms with van der Waals surface area (Å²) in [6.45, 7) is 6.56. The average molecular weight is 1770 g/mol. The monoisotopic (exact) mass is 1770 g/mol. The molecule has 2 amide bonds. The molecular formula is C70H118N2O49. The molecule has 0 aromatic carbocycles. The Balaban J connectivity index is 0.905. The largest absolute Gasteiger partial charge is 0.394 e. The fraction of sp³-hybridized carbons (Fsp3) is 0.971. The molecule has 0 saturated carbocycles. The Morgan fingerprint density at radius 1 is 0.215 bits per heavy atom. The normalized spacial score (nSPS) is 54.0. The van der Waals surface area contributed by atoms with Crippen molar-refractivity contribution in [3.8, 4) is 0 Å². The summed E-state index contributed by atoms with van der Waals surface area (Å²) in [5.74, 6) is -1.86. The molecule has 11 aliphatic rings. The zero-order chi connectivity index (χ0) is 89.0. The Kier molecular flexibility index (Phi) is 33.8. The minimum atomic E-state index is -2.41. The van der Waals surface area contributed by atoms with Crippen molar-refractivity contribution in [3.05, 3.63) is 0 Å². The maximum absolute atomic E-state index is 13.6. The van der Waals surface area contributed by atoms with Crippen LogP contribution < -0.4 is 10.6 Å². The first-order chi connectivity index (χ1) is 57.0. The van der Waals surface area contributed by atoms with Gasteiger partial charge in [0.15, 0.2) is 69.2 Å². The summed E-state index contributed by atoms with van der Waals surface area (Å²) in [6.07, 6.45) is -104. The fourth-order valence-corrected chi connectivity index (χ4v) is 16.3. The van der Waals surface area contributed by atoms with Crippen molar-refractivity contribution in [1.29, 1.82) is 0 Å². The van der Waals surface area contributed by atoms with Crippen LogP contribution >= 0.6 is 0 Å². The van der Waals surface area contributed by atoms with Gasteiger partial charge in [-0.25, -0.2) is 0 Å². The van der Waals surface area contributed by atoms with Gasteiger partial charge in [0.2, 0.25) is 11.8 Å². The molecule has 0 aromatic heterocycles. The van der Waals surface area contributed by atoms with Crippen LogP contribution in [0.15, 0.2) is 0 Å². The molecule has 0 unspecified atom stereocenters. The van der Waals surface area contributed by atoms with E-state index >= 15 is 0 Å². The summed E-state index contributed by atoms with van der Waals surface area (Å²) in [4.78, 5) is 26.6. The molecule has 0 radical (unpaired) electrons. The topological polar surface area (TPSA) is 778 Å². The first-order valence-electron chi connectivity index (χ1n) is 39.7. The summed E-state index contributed by atoms with van der Waals surface area (Å²) in [6, 6.07) is -3.81. The smallest absolute Gasteiger partial charge is 0.217 e. The van der Waals surface area contributed by atoms with Crippen molar-refractivity contribution in [3.63, 3.8) is 0 Å². The van der Waals surface area contributed by atoms with Gasteiger partial charge in [0.1, 0.15) is 226 Å². The van der Waals surface area contributed by atoms with Crippen LogP contribution in [0.4, 0.5) is 0 Å². The summed E-state index contributed by atoms with van der Waals surface area (Å²) in [7, 11) is 0. The van der Waals surface area contributed by atoms with Crippen LogP contribution in [0.5, 0.6) is 0 Å². The molecule has 51 heteroatoms. The van der Waals surface area contributed by atoms with Crippen LogP contribution in [0.3, 0.4) is 0 Å². The molecule has 0 spiro atoms. The van der Waals surface area contributed by atoms with Crippen molar-refractivity contribution in [2.24, 2.45) is 0 Å². The number of ether oxygens (including phenoxy) is 21. The minimum absolute atomic E-state index is 0.878. The highest BCUT2D eigenvalue weighted by Gasteiger charge is 2.63. The van der Waals surface area contributed by atoms with Crippen molar-refractivity contribution < 1.29 is 242 Å². The molecule has 28 N–H and O–H groups in total. The third kappa shape index (κ3) is 20.8. The number of carbonyl (C=O) groups excluding carboxylic acids is 2. The lowest BCUT2D eigenvalue weighted by Crippen LogP contribution is -2.71. The predicted molar refractivity (Wildman–Crippen MR) is 376 cm³/mol. The van der Waals surface area contributed by atoms with Crippen LogP contribution in [-0.4, -0.2) is 509 Å². The Labute approximate surface area is 688 Å². The van der Waals surface area contributed by atoms with Gasteiger partial charge < -0.3 is 243 Å². The number of rotatable bonds is 26. The van der Waals surface area contributed by atoms with Gasteiger partial charge in [0.25, 0.3) is 0 Å². The van der Waals surface area contributed by atoms with Crippen molar-refractivity contribution in [2.75, 3.05) is 26.4 Å². The lowest BCUT2D eigenvalue weighted by molar-refractivity contribution is -0.412. The van der Waals surface area contributed by atoms with Gasteiger partial charge in [-0.1, -0.05) is 0 Å². The Hall–Kier alpha value is -2.94. The second kappa shape index (κ2) is 41.4. The SMILES string of the molecule is CC(=O)N[C@H]1[C@H](O[C@@H]2[C@H](O)[C@@H](O)[C@H](C)O[C@H]2O)O[C@H](CO)[C@@H](O)[C@@H]1O[C@@H]1O[C@@H](C)[C@H](O[C@H]2O[C@H](CO)[C@@H](O)[C@H](O)[C@H]2O)[C@@H](O[C@@H]2O[C@@H](C)[C@H](O)[C@@H](O)[C@H]2O[C@@H]2O[C@@H](C)[C@H](O)[C@@H](O)[C@H]2O[C@@H]2O[C@H](CO)[C@@H](O)[C@H](O[C@@H]3O[C@@H](C)[C@H](O[C@H]4O[C@H](CO)[C@@H](O)[C@H](O)[C@H]4O)[C@@H](O[C@@H]4O[C@@H](C)[C@H](O)[C@@H](O)[C@H]4O[C@@H]4O[C@@H](C)[C@H](O)[C@@H](O)[C@H]4O)[C@H]3O)[C@H]2NC(C)=O)[C@H]1O. The third-order valence-corrected chi connectivity index (χ3v) is 23.5. The highest BCUT2D eigenvalue weighted by molar-refractivity contribution is 5.73. The Morgan fingerprint density at radius 2 is 0.438 bits per heavy atom. The second-order valence-corrected chi connectivity index (χ2v) is 32.2. The van der Waals surface area contributed by atoms with E-state index in [1.807, 2.05) is 0 Å². The quantitative estimate of drug-likeness (QED) is 0.0382. The highest BCUT2D eigenvalue weighted by Crippen LogP contribution is 2.43. The summed E-state index contributed by atoms with van der Waals surface area (Å²) < 4.78 is 128. The van der Waals surface area contributed by atoms with Crippen LogP contribution in [0, 0.1) is 0 Å². The lowest BCUT2D eigenvalue weighted by Gasteiger charge is -2.52. The molecular weight excluding hydrogens is 1650 g/mol. The number of carbonyl (C=O) groups is 2.